The topological polar surface area (TPSA) is 21.3 Å². The molecule has 0 bridgehead atoms. The van der Waals surface area contributed by atoms with Crippen LogP contribution in [0.5, 0.6) is 5.75 Å². The van der Waals surface area contributed by atoms with E-state index in [1.807, 2.05) is 7.05 Å². The van der Waals surface area contributed by atoms with E-state index in [2.05, 4.69) is 36.5 Å². The van der Waals surface area contributed by atoms with E-state index in [1.165, 1.54) is 17.2 Å². The Hall–Kier alpha value is -1.87. The van der Waals surface area contributed by atoms with Crippen molar-refractivity contribution >= 4 is 0 Å². The summed E-state index contributed by atoms with van der Waals surface area (Å²) in [6, 6.07) is 13.4. The largest absolute Gasteiger partial charge is 0.485 e. The fourth-order valence-electron chi connectivity index (χ4n) is 2.89. The standard InChI is InChI=1S/C18H20FNO/c1-3-12-4-6-13(7-5-12)18-11-16(20-2)15-10-14(19)8-9-17(15)21-18/h4-10,16,18,20H,3,11H2,1-2H3. The minimum Gasteiger partial charge on any atom is -0.485 e. The lowest BCUT2D eigenvalue weighted by atomic mass is 9.92. The van der Waals surface area contributed by atoms with Crippen LogP contribution in [0.4, 0.5) is 4.39 Å². The Labute approximate surface area is 125 Å². The predicted octanol–water partition coefficient (Wildman–Crippen LogP) is 4.17. The number of aryl methyl sites for hydroxylation is 1. The van der Waals surface area contributed by atoms with Crippen LogP contribution in [0.3, 0.4) is 0 Å². The lowest BCUT2D eigenvalue weighted by Crippen LogP contribution is -2.26. The number of hydrogen-bond donors (Lipinski definition) is 1. The number of fused-ring (bicyclic) bond motifs is 1. The fourth-order valence-corrected chi connectivity index (χ4v) is 2.89. The van der Waals surface area contributed by atoms with E-state index in [0.717, 1.165) is 24.2 Å². The average Bonchev–Trinajstić information content (AvgIpc) is 2.54. The molecule has 0 aromatic heterocycles. The molecule has 21 heavy (non-hydrogen) atoms. The quantitative estimate of drug-likeness (QED) is 0.913. The van der Waals surface area contributed by atoms with Gasteiger partial charge in [0.25, 0.3) is 0 Å². The van der Waals surface area contributed by atoms with Crippen molar-refractivity contribution < 1.29 is 9.13 Å². The van der Waals surface area contributed by atoms with Crippen molar-refractivity contribution in [1.82, 2.24) is 5.32 Å². The molecule has 2 unspecified atom stereocenters. The molecule has 1 aliphatic heterocycles. The first-order chi connectivity index (χ1) is 10.2. The number of hydrogen-bond acceptors (Lipinski definition) is 2. The zero-order chi connectivity index (χ0) is 14.8. The summed E-state index contributed by atoms with van der Waals surface area (Å²) in [6.45, 7) is 2.15. The van der Waals surface area contributed by atoms with Gasteiger partial charge < -0.3 is 10.1 Å². The molecule has 3 heteroatoms. The highest BCUT2D eigenvalue weighted by Crippen LogP contribution is 2.40. The van der Waals surface area contributed by atoms with Crippen LogP contribution in [-0.2, 0) is 6.42 Å². The van der Waals surface area contributed by atoms with Gasteiger partial charge in [0.1, 0.15) is 17.7 Å². The zero-order valence-electron chi connectivity index (χ0n) is 12.4. The van der Waals surface area contributed by atoms with E-state index in [-0.39, 0.29) is 18.0 Å². The molecule has 1 aliphatic rings. The van der Waals surface area contributed by atoms with E-state index in [9.17, 15) is 4.39 Å². The molecule has 2 nitrogen and oxygen atoms in total. The van der Waals surface area contributed by atoms with Gasteiger partial charge in [-0.05, 0) is 42.8 Å². The summed E-state index contributed by atoms with van der Waals surface area (Å²) < 4.78 is 19.5. The number of ether oxygens (including phenoxy) is 1. The molecule has 2 atom stereocenters. The first-order valence-electron chi connectivity index (χ1n) is 7.43. The van der Waals surface area contributed by atoms with E-state index in [1.54, 1.807) is 12.1 Å². The third-order valence-electron chi connectivity index (χ3n) is 4.17. The summed E-state index contributed by atoms with van der Waals surface area (Å²) in [4.78, 5) is 0. The third kappa shape index (κ3) is 2.79. The molecule has 2 aromatic carbocycles. The molecule has 1 heterocycles. The van der Waals surface area contributed by atoms with Crippen LogP contribution in [0.25, 0.3) is 0 Å². The molecule has 0 amide bonds. The maximum Gasteiger partial charge on any atom is 0.126 e. The van der Waals surface area contributed by atoms with Crippen LogP contribution in [0.15, 0.2) is 42.5 Å². The van der Waals surface area contributed by atoms with E-state index in [0.29, 0.717) is 0 Å². The molecule has 2 aromatic rings. The smallest absolute Gasteiger partial charge is 0.126 e. The van der Waals surface area contributed by atoms with Crippen LogP contribution in [0.1, 0.15) is 42.2 Å². The Balaban J connectivity index is 1.90. The minimum absolute atomic E-state index is 0.00585. The molecule has 0 fully saturated rings. The zero-order valence-corrected chi connectivity index (χ0v) is 12.4. The molecule has 0 spiro atoms. The number of rotatable bonds is 3. The second-order valence-electron chi connectivity index (χ2n) is 5.46. The van der Waals surface area contributed by atoms with Crippen LogP contribution in [0.2, 0.25) is 0 Å². The lowest BCUT2D eigenvalue weighted by molar-refractivity contribution is 0.153. The Kier molecular flexibility index (Phi) is 3.93. The van der Waals surface area contributed by atoms with E-state index >= 15 is 0 Å². The van der Waals surface area contributed by atoms with Gasteiger partial charge in [-0.1, -0.05) is 31.2 Å². The normalized spacial score (nSPS) is 20.7. The fraction of sp³-hybridized carbons (Fsp3) is 0.333. The number of benzene rings is 2. The van der Waals surface area contributed by atoms with Crippen molar-refractivity contribution in [2.75, 3.05) is 7.05 Å². The highest BCUT2D eigenvalue weighted by atomic mass is 19.1. The lowest BCUT2D eigenvalue weighted by Gasteiger charge is -2.32. The molecule has 0 radical (unpaired) electrons. The van der Waals surface area contributed by atoms with Gasteiger partial charge in [-0.3, -0.25) is 0 Å². The van der Waals surface area contributed by atoms with Gasteiger partial charge in [0.15, 0.2) is 0 Å². The summed E-state index contributed by atoms with van der Waals surface area (Å²) >= 11 is 0. The minimum atomic E-state index is -0.219. The second kappa shape index (κ2) is 5.86. The van der Waals surface area contributed by atoms with Crippen molar-refractivity contribution in [2.24, 2.45) is 0 Å². The van der Waals surface area contributed by atoms with Crippen molar-refractivity contribution in [1.29, 1.82) is 0 Å². The molecule has 0 saturated carbocycles. The summed E-state index contributed by atoms with van der Waals surface area (Å²) in [6.07, 6.45) is 1.84. The Morgan fingerprint density at radius 3 is 2.62 bits per heavy atom. The van der Waals surface area contributed by atoms with Crippen molar-refractivity contribution in [3.05, 3.63) is 65.0 Å². The summed E-state index contributed by atoms with van der Waals surface area (Å²) in [5.74, 6) is 0.551. The van der Waals surface area contributed by atoms with E-state index < -0.39 is 0 Å². The molecular weight excluding hydrogens is 265 g/mol. The van der Waals surface area contributed by atoms with Gasteiger partial charge in [-0.15, -0.1) is 0 Å². The van der Waals surface area contributed by atoms with Crippen LogP contribution in [0, 0.1) is 5.82 Å². The average molecular weight is 285 g/mol. The van der Waals surface area contributed by atoms with Gasteiger partial charge in [0.2, 0.25) is 0 Å². The maximum atomic E-state index is 13.4. The number of halogens is 1. The molecule has 1 N–H and O–H groups in total. The van der Waals surface area contributed by atoms with Gasteiger partial charge >= 0.3 is 0 Å². The molecule has 0 aliphatic carbocycles. The summed E-state index contributed by atoms with van der Waals surface area (Å²) in [5.41, 5.74) is 3.39. The van der Waals surface area contributed by atoms with Gasteiger partial charge in [-0.25, -0.2) is 4.39 Å². The van der Waals surface area contributed by atoms with Gasteiger partial charge in [-0.2, -0.15) is 0 Å². The molecular formula is C18H20FNO. The highest BCUT2D eigenvalue weighted by Gasteiger charge is 2.28. The van der Waals surface area contributed by atoms with Crippen molar-refractivity contribution in [2.45, 2.75) is 31.9 Å². The van der Waals surface area contributed by atoms with Crippen LogP contribution in [-0.4, -0.2) is 7.05 Å². The Morgan fingerprint density at radius 1 is 1.19 bits per heavy atom. The Bertz CT molecular complexity index is 624. The molecule has 3 rings (SSSR count). The van der Waals surface area contributed by atoms with Crippen molar-refractivity contribution in [3.8, 4) is 5.75 Å². The third-order valence-corrected chi connectivity index (χ3v) is 4.17. The first-order valence-corrected chi connectivity index (χ1v) is 7.43. The SMILES string of the molecule is CCc1ccc(C2CC(NC)c3cc(F)ccc3O2)cc1. The highest BCUT2D eigenvalue weighted by molar-refractivity contribution is 5.40. The maximum absolute atomic E-state index is 13.4. The van der Waals surface area contributed by atoms with Crippen LogP contribution >= 0.6 is 0 Å². The van der Waals surface area contributed by atoms with Gasteiger partial charge in [0.05, 0.1) is 0 Å². The van der Waals surface area contributed by atoms with Crippen molar-refractivity contribution in [3.63, 3.8) is 0 Å². The van der Waals surface area contributed by atoms with Crippen LogP contribution < -0.4 is 10.1 Å². The number of nitrogens with one attached hydrogen (secondary N) is 1. The van der Waals surface area contributed by atoms with Gasteiger partial charge in [0, 0.05) is 18.0 Å². The first kappa shape index (κ1) is 14.1. The predicted molar refractivity (Wildman–Crippen MR) is 82.0 cm³/mol. The summed E-state index contributed by atoms with van der Waals surface area (Å²) in [5, 5.41) is 3.26. The summed E-state index contributed by atoms with van der Waals surface area (Å²) in [7, 11) is 1.90. The molecule has 110 valence electrons. The molecule has 0 saturated heterocycles. The second-order valence-corrected chi connectivity index (χ2v) is 5.46. The van der Waals surface area contributed by atoms with E-state index in [4.69, 9.17) is 4.74 Å². The monoisotopic (exact) mass is 285 g/mol. The Morgan fingerprint density at radius 2 is 1.95 bits per heavy atom.